The minimum absolute atomic E-state index is 0.0332. The summed E-state index contributed by atoms with van der Waals surface area (Å²) >= 11 is 1.44. The molecule has 6 nitrogen and oxygen atoms in total. The van der Waals surface area contributed by atoms with Crippen molar-refractivity contribution in [3.63, 3.8) is 0 Å². The molecule has 21 heavy (non-hydrogen) atoms. The van der Waals surface area contributed by atoms with E-state index in [1.807, 2.05) is 0 Å². The number of ether oxygens (including phenoxy) is 2. The number of aromatic nitrogens is 1. The molecule has 3 saturated heterocycles. The predicted octanol–water partition coefficient (Wildman–Crippen LogP) is 0.855. The minimum Gasteiger partial charge on any atom is -0.371 e. The molecule has 2 N–H and O–H groups in total. The Labute approximate surface area is 127 Å². The molecule has 4 heterocycles. The number of nitrogens with zero attached hydrogens (tertiary/aromatic N) is 1. The van der Waals surface area contributed by atoms with Crippen LogP contribution in [0.4, 0.5) is 0 Å². The molecule has 114 valence electrons. The van der Waals surface area contributed by atoms with Crippen LogP contribution in [0.15, 0.2) is 6.20 Å². The molecular formula is C14H19N3O3S. The highest BCUT2D eigenvalue weighted by molar-refractivity contribution is 7.13. The number of hydrogen-bond donors (Lipinski definition) is 2. The van der Waals surface area contributed by atoms with E-state index in [-0.39, 0.29) is 23.7 Å². The van der Waals surface area contributed by atoms with E-state index < -0.39 is 0 Å². The summed E-state index contributed by atoms with van der Waals surface area (Å²) in [5, 5.41) is 7.20. The largest absolute Gasteiger partial charge is 0.371 e. The maximum atomic E-state index is 12.3. The van der Waals surface area contributed by atoms with Gasteiger partial charge in [0, 0.05) is 26.1 Å². The fraction of sp³-hybridized carbons (Fsp3) is 0.714. The van der Waals surface area contributed by atoms with E-state index in [1.165, 1.54) is 11.3 Å². The first-order valence-corrected chi connectivity index (χ1v) is 8.29. The van der Waals surface area contributed by atoms with E-state index in [2.05, 4.69) is 15.6 Å². The number of hydrogen-bond acceptors (Lipinski definition) is 6. The molecule has 1 amide bonds. The molecule has 0 radical (unpaired) electrons. The van der Waals surface area contributed by atoms with E-state index >= 15 is 0 Å². The van der Waals surface area contributed by atoms with Crippen molar-refractivity contribution in [2.45, 2.75) is 37.0 Å². The van der Waals surface area contributed by atoms with Gasteiger partial charge in [-0.2, -0.15) is 0 Å². The number of rotatable bonds is 3. The van der Waals surface area contributed by atoms with Gasteiger partial charge in [-0.3, -0.25) is 4.79 Å². The molecule has 4 rings (SSSR count). The molecule has 0 saturated carbocycles. The fourth-order valence-corrected chi connectivity index (χ4v) is 4.06. The average molecular weight is 309 g/mol. The van der Waals surface area contributed by atoms with Gasteiger partial charge in [0.25, 0.3) is 5.91 Å². The molecule has 0 bridgehead atoms. The molecule has 3 aliphatic rings. The third-order valence-electron chi connectivity index (χ3n) is 4.39. The van der Waals surface area contributed by atoms with Crippen LogP contribution >= 0.6 is 11.3 Å². The number of amides is 1. The second-order valence-corrected chi connectivity index (χ2v) is 7.10. The van der Waals surface area contributed by atoms with Gasteiger partial charge in [0.05, 0.1) is 24.4 Å². The van der Waals surface area contributed by atoms with Gasteiger partial charge in [-0.1, -0.05) is 0 Å². The Bertz CT molecular complexity index is 537. The number of nitrogens with one attached hydrogen (secondary N) is 2. The van der Waals surface area contributed by atoms with Gasteiger partial charge in [0.15, 0.2) is 0 Å². The second kappa shape index (κ2) is 5.31. The number of carbonyl (C=O) groups is 1. The van der Waals surface area contributed by atoms with E-state index in [0.29, 0.717) is 11.5 Å². The van der Waals surface area contributed by atoms with Gasteiger partial charge in [-0.05, 0) is 12.8 Å². The summed E-state index contributed by atoms with van der Waals surface area (Å²) in [6, 6.07) is 0.105. The molecular weight excluding hydrogens is 290 g/mol. The maximum Gasteiger partial charge on any atom is 0.263 e. The summed E-state index contributed by atoms with van der Waals surface area (Å²) in [6.45, 7) is 3.18. The Balaban J connectivity index is 1.36. The summed E-state index contributed by atoms with van der Waals surface area (Å²) in [5.74, 6) is -0.0466. The summed E-state index contributed by atoms with van der Waals surface area (Å²) in [4.78, 5) is 17.3. The fourth-order valence-electron chi connectivity index (χ4n) is 3.16. The van der Waals surface area contributed by atoms with Crippen LogP contribution in [0.25, 0.3) is 0 Å². The average Bonchev–Trinajstić information content (AvgIpc) is 3.17. The topological polar surface area (TPSA) is 72.5 Å². The van der Waals surface area contributed by atoms with Gasteiger partial charge in [-0.25, -0.2) is 4.98 Å². The smallest absolute Gasteiger partial charge is 0.263 e. The molecule has 1 aromatic rings. The van der Waals surface area contributed by atoms with Gasteiger partial charge in [0.2, 0.25) is 0 Å². The Morgan fingerprint density at radius 2 is 2.43 bits per heavy atom. The molecule has 0 aromatic carbocycles. The first-order valence-electron chi connectivity index (χ1n) is 7.47. The van der Waals surface area contributed by atoms with Crippen molar-refractivity contribution < 1.29 is 14.3 Å². The van der Waals surface area contributed by atoms with Crippen LogP contribution in [0.5, 0.6) is 0 Å². The second-order valence-electron chi connectivity index (χ2n) is 6.04. The first-order chi connectivity index (χ1) is 10.2. The molecule has 7 heteroatoms. The van der Waals surface area contributed by atoms with Crippen LogP contribution in [-0.4, -0.2) is 48.8 Å². The van der Waals surface area contributed by atoms with Gasteiger partial charge in [-0.15, -0.1) is 11.3 Å². The molecule has 0 aliphatic carbocycles. The molecule has 2 atom stereocenters. The van der Waals surface area contributed by atoms with Crippen molar-refractivity contribution in [1.82, 2.24) is 15.6 Å². The summed E-state index contributed by atoms with van der Waals surface area (Å²) < 4.78 is 11.4. The predicted molar refractivity (Wildman–Crippen MR) is 77.5 cm³/mol. The Morgan fingerprint density at radius 1 is 1.52 bits per heavy atom. The van der Waals surface area contributed by atoms with Gasteiger partial charge >= 0.3 is 0 Å². The van der Waals surface area contributed by atoms with Crippen molar-refractivity contribution in [3.8, 4) is 0 Å². The third kappa shape index (κ3) is 2.59. The van der Waals surface area contributed by atoms with E-state index in [1.54, 1.807) is 6.20 Å². The molecule has 3 fully saturated rings. The highest BCUT2D eigenvalue weighted by Crippen LogP contribution is 2.32. The van der Waals surface area contributed by atoms with E-state index in [9.17, 15) is 4.79 Å². The zero-order valence-corrected chi connectivity index (χ0v) is 12.6. The minimum atomic E-state index is -0.0466. The van der Waals surface area contributed by atoms with Gasteiger partial charge < -0.3 is 20.1 Å². The quantitative estimate of drug-likeness (QED) is 0.866. The standard InChI is InChI=1S/C14H19N3O3S/c18-12(17-9-4-14(20-6-9)7-15-8-14)11-5-16-13(21-11)10-2-1-3-19-10/h5,9-10,15H,1-4,6-8H2,(H,17,18). The van der Waals surface area contributed by atoms with Crippen LogP contribution in [0.1, 0.15) is 40.0 Å². The monoisotopic (exact) mass is 309 g/mol. The van der Waals surface area contributed by atoms with Crippen LogP contribution in [0.3, 0.4) is 0 Å². The summed E-state index contributed by atoms with van der Waals surface area (Å²) in [5.41, 5.74) is -0.0332. The molecule has 3 aliphatic heterocycles. The van der Waals surface area contributed by atoms with Gasteiger partial charge in [0.1, 0.15) is 16.0 Å². The van der Waals surface area contributed by atoms with Crippen LogP contribution in [0, 0.1) is 0 Å². The highest BCUT2D eigenvalue weighted by Gasteiger charge is 2.45. The zero-order valence-electron chi connectivity index (χ0n) is 11.8. The third-order valence-corrected chi connectivity index (χ3v) is 5.48. The highest BCUT2D eigenvalue weighted by atomic mass is 32.1. The van der Waals surface area contributed by atoms with Crippen LogP contribution in [0.2, 0.25) is 0 Å². The van der Waals surface area contributed by atoms with E-state index in [4.69, 9.17) is 9.47 Å². The number of thiazole rings is 1. The van der Waals surface area contributed by atoms with Crippen LogP contribution in [-0.2, 0) is 9.47 Å². The Morgan fingerprint density at radius 3 is 3.10 bits per heavy atom. The van der Waals surface area contributed by atoms with E-state index in [0.717, 1.165) is 44.0 Å². The van der Waals surface area contributed by atoms with Crippen molar-refractivity contribution >= 4 is 17.2 Å². The van der Waals surface area contributed by atoms with Crippen molar-refractivity contribution in [3.05, 3.63) is 16.1 Å². The zero-order chi connectivity index (χ0) is 14.3. The molecule has 1 spiro atoms. The van der Waals surface area contributed by atoms with Crippen molar-refractivity contribution in [2.24, 2.45) is 0 Å². The Kier molecular flexibility index (Phi) is 3.45. The van der Waals surface area contributed by atoms with Crippen LogP contribution < -0.4 is 10.6 Å². The maximum absolute atomic E-state index is 12.3. The lowest BCUT2D eigenvalue weighted by Gasteiger charge is -2.38. The first kappa shape index (κ1) is 13.6. The summed E-state index contributed by atoms with van der Waals surface area (Å²) in [6.07, 6.45) is 4.70. The summed E-state index contributed by atoms with van der Waals surface area (Å²) in [7, 11) is 0. The SMILES string of the molecule is O=C(NC1COC2(CNC2)C1)c1cnc(C2CCCO2)s1. The normalized spacial score (nSPS) is 30.5. The lowest BCUT2D eigenvalue weighted by Crippen LogP contribution is -2.59. The van der Waals surface area contributed by atoms with Crippen molar-refractivity contribution in [1.29, 1.82) is 0 Å². The number of carbonyl (C=O) groups excluding carboxylic acids is 1. The van der Waals surface area contributed by atoms with Crippen molar-refractivity contribution in [2.75, 3.05) is 26.3 Å². The lowest BCUT2D eigenvalue weighted by atomic mass is 9.92. The Hall–Kier alpha value is -1.02. The lowest BCUT2D eigenvalue weighted by molar-refractivity contribution is -0.0360. The molecule has 2 unspecified atom stereocenters. The molecule has 1 aromatic heterocycles.